The van der Waals surface area contributed by atoms with E-state index in [2.05, 4.69) is 15.0 Å². The first-order chi connectivity index (χ1) is 12.6. The summed E-state index contributed by atoms with van der Waals surface area (Å²) in [7, 11) is 0. The smallest absolute Gasteiger partial charge is 0.262 e. The highest BCUT2D eigenvalue weighted by Crippen LogP contribution is 2.37. The standard InChI is InChI=1S/C19H15ClN4OS/c1-3-13-11(2)22-19-24(17(13)25)15(12-7-5-4-6-8-12)16(26-19)14-9-10-21-18(20)23-14/h4-10H,3H2,1-2H3. The van der Waals surface area contributed by atoms with E-state index >= 15 is 0 Å². The summed E-state index contributed by atoms with van der Waals surface area (Å²) in [4.78, 5) is 27.6. The van der Waals surface area contributed by atoms with Crippen LogP contribution in [-0.2, 0) is 6.42 Å². The number of nitrogens with zero attached hydrogens (tertiary/aromatic N) is 4. The molecular weight excluding hydrogens is 368 g/mol. The van der Waals surface area contributed by atoms with Gasteiger partial charge in [-0.1, -0.05) is 48.6 Å². The Kier molecular flexibility index (Phi) is 4.30. The van der Waals surface area contributed by atoms with Crippen LogP contribution in [0.3, 0.4) is 0 Å². The molecule has 5 nitrogen and oxygen atoms in total. The average Bonchev–Trinajstić information content (AvgIpc) is 3.02. The van der Waals surface area contributed by atoms with Gasteiger partial charge in [-0.15, -0.1) is 0 Å². The molecule has 0 fully saturated rings. The fraction of sp³-hybridized carbons (Fsp3) is 0.158. The zero-order valence-corrected chi connectivity index (χ0v) is 15.8. The molecule has 0 saturated heterocycles. The van der Waals surface area contributed by atoms with Gasteiger partial charge >= 0.3 is 0 Å². The number of aromatic nitrogens is 4. The number of thiazole rings is 1. The van der Waals surface area contributed by atoms with Crippen LogP contribution in [0.2, 0.25) is 5.28 Å². The second-order valence-corrected chi connectivity index (χ2v) is 7.12. The van der Waals surface area contributed by atoms with Crippen molar-refractivity contribution in [3.63, 3.8) is 0 Å². The molecule has 0 saturated carbocycles. The van der Waals surface area contributed by atoms with E-state index in [1.165, 1.54) is 11.3 Å². The first kappa shape index (κ1) is 16.9. The second-order valence-electron chi connectivity index (χ2n) is 5.81. The third-order valence-electron chi connectivity index (χ3n) is 4.24. The van der Waals surface area contributed by atoms with E-state index in [0.29, 0.717) is 17.1 Å². The lowest BCUT2D eigenvalue weighted by Gasteiger charge is -2.07. The maximum Gasteiger partial charge on any atom is 0.262 e. The van der Waals surface area contributed by atoms with Crippen LogP contribution >= 0.6 is 22.9 Å². The lowest BCUT2D eigenvalue weighted by atomic mass is 10.1. The highest BCUT2D eigenvalue weighted by Gasteiger charge is 2.21. The normalized spacial score (nSPS) is 11.2. The molecule has 1 aromatic carbocycles. The van der Waals surface area contributed by atoms with Gasteiger partial charge in [-0.25, -0.2) is 19.4 Å². The van der Waals surface area contributed by atoms with Crippen molar-refractivity contribution >= 4 is 27.9 Å². The van der Waals surface area contributed by atoms with E-state index < -0.39 is 0 Å². The first-order valence-electron chi connectivity index (χ1n) is 8.19. The Hall–Kier alpha value is -2.57. The summed E-state index contributed by atoms with van der Waals surface area (Å²) in [6.45, 7) is 3.85. The average molecular weight is 383 g/mol. The van der Waals surface area contributed by atoms with E-state index in [4.69, 9.17) is 11.6 Å². The summed E-state index contributed by atoms with van der Waals surface area (Å²) in [6, 6.07) is 11.6. The summed E-state index contributed by atoms with van der Waals surface area (Å²) >= 11 is 7.43. The van der Waals surface area contributed by atoms with Crippen molar-refractivity contribution in [3.8, 4) is 21.8 Å². The molecule has 3 aromatic heterocycles. The van der Waals surface area contributed by atoms with Crippen LogP contribution in [0.1, 0.15) is 18.2 Å². The van der Waals surface area contributed by atoms with Gasteiger partial charge < -0.3 is 0 Å². The van der Waals surface area contributed by atoms with Gasteiger partial charge in [0.25, 0.3) is 5.56 Å². The van der Waals surface area contributed by atoms with Gasteiger partial charge in [0.1, 0.15) is 0 Å². The Balaban J connectivity index is 2.16. The van der Waals surface area contributed by atoms with E-state index in [1.807, 2.05) is 44.2 Å². The topological polar surface area (TPSA) is 60.1 Å². The van der Waals surface area contributed by atoms with Gasteiger partial charge in [-0.05, 0) is 31.0 Å². The van der Waals surface area contributed by atoms with E-state index in [0.717, 1.165) is 27.4 Å². The zero-order valence-electron chi connectivity index (χ0n) is 14.2. The molecule has 0 amide bonds. The van der Waals surface area contributed by atoms with Crippen molar-refractivity contribution in [2.75, 3.05) is 0 Å². The maximum absolute atomic E-state index is 13.2. The third-order valence-corrected chi connectivity index (χ3v) is 5.49. The minimum absolute atomic E-state index is 0.0310. The van der Waals surface area contributed by atoms with Gasteiger partial charge in [0.05, 0.1) is 16.3 Å². The monoisotopic (exact) mass is 382 g/mol. The van der Waals surface area contributed by atoms with Crippen molar-refractivity contribution in [2.45, 2.75) is 20.3 Å². The number of halogens is 1. The zero-order chi connectivity index (χ0) is 18.3. The highest BCUT2D eigenvalue weighted by atomic mass is 35.5. The third kappa shape index (κ3) is 2.71. The molecule has 3 heterocycles. The van der Waals surface area contributed by atoms with Gasteiger partial charge in [0.15, 0.2) is 4.96 Å². The summed E-state index contributed by atoms with van der Waals surface area (Å²) in [5.41, 5.74) is 3.85. The summed E-state index contributed by atoms with van der Waals surface area (Å²) in [5.74, 6) is 0. The van der Waals surface area contributed by atoms with Crippen molar-refractivity contribution < 1.29 is 0 Å². The molecule has 0 spiro atoms. The summed E-state index contributed by atoms with van der Waals surface area (Å²) < 4.78 is 1.69. The molecule has 0 bridgehead atoms. The molecule has 4 aromatic rings. The molecule has 0 unspecified atom stereocenters. The molecule has 0 N–H and O–H groups in total. The van der Waals surface area contributed by atoms with Crippen LogP contribution in [0.4, 0.5) is 0 Å². The summed E-state index contributed by atoms with van der Waals surface area (Å²) in [6.07, 6.45) is 2.25. The van der Waals surface area contributed by atoms with E-state index in [-0.39, 0.29) is 10.8 Å². The molecule has 26 heavy (non-hydrogen) atoms. The number of fused-ring (bicyclic) bond motifs is 1. The lowest BCUT2D eigenvalue weighted by molar-refractivity contribution is 0.955. The molecule has 4 rings (SSSR count). The molecule has 0 aliphatic carbocycles. The Morgan fingerprint density at radius 1 is 1.15 bits per heavy atom. The van der Waals surface area contributed by atoms with Gasteiger partial charge in [0, 0.05) is 23.0 Å². The molecule has 0 aliphatic rings. The van der Waals surface area contributed by atoms with E-state index in [1.54, 1.807) is 16.7 Å². The number of hydrogen-bond donors (Lipinski definition) is 0. The molecule has 0 radical (unpaired) electrons. The Labute approximate surface area is 159 Å². The van der Waals surface area contributed by atoms with Gasteiger partial charge in [0.2, 0.25) is 5.28 Å². The van der Waals surface area contributed by atoms with Crippen molar-refractivity contribution in [1.82, 2.24) is 19.4 Å². The Morgan fingerprint density at radius 2 is 1.92 bits per heavy atom. The molecule has 0 aliphatic heterocycles. The van der Waals surface area contributed by atoms with Crippen molar-refractivity contribution in [2.24, 2.45) is 0 Å². The van der Waals surface area contributed by atoms with Crippen LogP contribution in [-0.4, -0.2) is 19.4 Å². The minimum Gasteiger partial charge on any atom is -0.269 e. The maximum atomic E-state index is 13.2. The minimum atomic E-state index is -0.0310. The molecular formula is C19H15ClN4OS. The van der Waals surface area contributed by atoms with Gasteiger partial charge in [-0.2, -0.15) is 0 Å². The number of hydrogen-bond acceptors (Lipinski definition) is 5. The van der Waals surface area contributed by atoms with Crippen LogP contribution in [0.5, 0.6) is 0 Å². The van der Waals surface area contributed by atoms with Crippen LogP contribution in [0.15, 0.2) is 47.4 Å². The number of rotatable bonds is 3. The number of benzene rings is 1. The Bertz CT molecular complexity index is 1170. The Morgan fingerprint density at radius 3 is 2.62 bits per heavy atom. The molecule has 7 heteroatoms. The molecule has 0 atom stereocenters. The van der Waals surface area contributed by atoms with E-state index in [9.17, 15) is 4.79 Å². The summed E-state index contributed by atoms with van der Waals surface area (Å²) in [5, 5.41) is 0.171. The van der Waals surface area contributed by atoms with Crippen LogP contribution in [0.25, 0.3) is 26.8 Å². The van der Waals surface area contributed by atoms with Crippen LogP contribution in [0, 0.1) is 6.92 Å². The van der Waals surface area contributed by atoms with Crippen molar-refractivity contribution in [3.05, 3.63) is 69.5 Å². The highest BCUT2D eigenvalue weighted by molar-refractivity contribution is 7.20. The lowest BCUT2D eigenvalue weighted by Crippen LogP contribution is -2.20. The SMILES string of the molecule is CCc1c(C)nc2sc(-c3ccnc(Cl)n3)c(-c3ccccc3)n2c1=O. The predicted molar refractivity (Wildman–Crippen MR) is 105 cm³/mol. The first-order valence-corrected chi connectivity index (χ1v) is 9.39. The van der Waals surface area contributed by atoms with Gasteiger partial charge in [-0.3, -0.25) is 4.79 Å². The largest absolute Gasteiger partial charge is 0.269 e. The molecule has 130 valence electrons. The van der Waals surface area contributed by atoms with Crippen molar-refractivity contribution in [1.29, 1.82) is 0 Å². The fourth-order valence-corrected chi connectivity index (χ4v) is 4.34. The van der Waals surface area contributed by atoms with Crippen LogP contribution < -0.4 is 5.56 Å². The fourth-order valence-electron chi connectivity index (χ4n) is 3.04. The quantitative estimate of drug-likeness (QED) is 0.492. The predicted octanol–water partition coefficient (Wildman–Crippen LogP) is 4.40. The number of aryl methyl sites for hydroxylation is 1. The second kappa shape index (κ2) is 6.63.